The molecule has 0 radical (unpaired) electrons. The second-order valence-corrected chi connectivity index (χ2v) is 6.06. The summed E-state index contributed by atoms with van der Waals surface area (Å²) < 4.78 is 14.0. The molecule has 0 aliphatic carbocycles. The maximum Gasteiger partial charge on any atom is 0.124 e. The summed E-state index contributed by atoms with van der Waals surface area (Å²) in [5.74, 6) is -0.266. The molecule has 2 rings (SSSR count). The Morgan fingerprint density at radius 3 is 2.76 bits per heavy atom. The third-order valence-corrected chi connectivity index (χ3v) is 3.88. The third-order valence-electron chi connectivity index (χ3n) is 3.43. The van der Waals surface area contributed by atoms with Crippen LogP contribution in [-0.2, 0) is 6.42 Å². The van der Waals surface area contributed by atoms with Gasteiger partial charge in [0.1, 0.15) is 5.82 Å². The van der Waals surface area contributed by atoms with Gasteiger partial charge in [0, 0.05) is 23.5 Å². The molecule has 1 saturated heterocycles. The third kappa shape index (κ3) is 3.06. The van der Waals surface area contributed by atoms with Crippen molar-refractivity contribution < 1.29 is 9.50 Å². The van der Waals surface area contributed by atoms with Gasteiger partial charge in [-0.25, -0.2) is 4.39 Å². The van der Waals surface area contributed by atoms with Crippen LogP contribution in [0.2, 0.25) is 0 Å². The standard InChI is InChI=1S/C13H17BrFNO/c1-9-6-13(17,8-16(9)2)7-10-3-11(14)5-12(15)4-10/h3-5,9,17H,6-8H2,1-2H3. The number of rotatable bonds is 2. The van der Waals surface area contributed by atoms with Crippen molar-refractivity contribution in [2.45, 2.75) is 31.4 Å². The summed E-state index contributed by atoms with van der Waals surface area (Å²) in [6.07, 6.45) is 1.23. The molecule has 2 atom stereocenters. The van der Waals surface area contributed by atoms with E-state index in [0.29, 0.717) is 19.0 Å². The van der Waals surface area contributed by atoms with Gasteiger partial charge in [0.2, 0.25) is 0 Å². The molecule has 1 heterocycles. The van der Waals surface area contributed by atoms with Crippen LogP contribution in [0.1, 0.15) is 18.9 Å². The first kappa shape index (κ1) is 13.0. The van der Waals surface area contributed by atoms with Gasteiger partial charge < -0.3 is 10.0 Å². The van der Waals surface area contributed by atoms with Crippen LogP contribution in [0.25, 0.3) is 0 Å². The fourth-order valence-corrected chi connectivity index (χ4v) is 3.12. The highest BCUT2D eigenvalue weighted by Crippen LogP contribution is 2.29. The highest BCUT2D eigenvalue weighted by Gasteiger charge is 2.38. The summed E-state index contributed by atoms with van der Waals surface area (Å²) in [7, 11) is 2.00. The molecule has 2 nitrogen and oxygen atoms in total. The SMILES string of the molecule is CC1CC(O)(Cc2cc(F)cc(Br)c2)CN1C. The van der Waals surface area contributed by atoms with E-state index in [0.717, 1.165) is 16.5 Å². The van der Waals surface area contributed by atoms with Crippen molar-refractivity contribution >= 4 is 15.9 Å². The van der Waals surface area contributed by atoms with Gasteiger partial charge in [0.25, 0.3) is 0 Å². The summed E-state index contributed by atoms with van der Waals surface area (Å²) in [6.45, 7) is 2.74. The Bertz CT molecular complexity index is 394. The second kappa shape index (κ2) is 4.67. The summed E-state index contributed by atoms with van der Waals surface area (Å²) in [4.78, 5) is 2.13. The summed E-state index contributed by atoms with van der Waals surface area (Å²) >= 11 is 3.27. The van der Waals surface area contributed by atoms with Crippen LogP contribution < -0.4 is 0 Å². The smallest absolute Gasteiger partial charge is 0.124 e. The first-order valence-corrected chi connectivity index (χ1v) is 6.55. The molecular weight excluding hydrogens is 285 g/mol. The molecule has 0 saturated carbocycles. The van der Waals surface area contributed by atoms with Crippen molar-refractivity contribution in [2.75, 3.05) is 13.6 Å². The van der Waals surface area contributed by atoms with Gasteiger partial charge in [-0.2, -0.15) is 0 Å². The molecule has 1 aromatic carbocycles. The fourth-order valence-electron chi connectivity index (χ4n) is 2.61. The van der Waals surface area contributed by atoms with Gasteiger partial charge in [0.15, 0.2) is 0 Å². The zero-order valence-electron chi connectivity index (χ0n) is 10.1. The maximum atomic E-state index is 13.3. The zero-order valence-corrected chi connectivity index (χ0v) is 11.7. The van der Waals surface area contributed by atoms with E-state index in [4.69, 9.17) is 0 Å². The number of β-amino-alcohol motifs (C(OH)–C–C–N with tert-alkyl or cyclic N) is 1. The Hall–Kier alpha value is -0.450. The van der Waals surface area contributed by atoms with Crippen molar-refractivity contribution in [1.29, 1.82) is 0 Å². The average molecular weight is 302 g/mol. The summed E-state index contributed by atoms with van der Waals surface area (Å²) in [5.41, 5.74) is 0.100. The van der Waals surface area contributed by atoms with Crippen molar-refractivity contribution in [3.63, 3.8) is 0 Å². The number of benzene rings is 1. The molecule has 1 aliphatic heterocycles. The average Bonchev–Trinajstić information content (AvgIpc) is 2.37. The topological polar surface area (TPSA) is 23.5 Å². The Labute approximate surface area is 110 Å². The highest BCUT2D eigenvalue weighted by atomic mass is 79.9. The van der Waals surface area contributed by atoms with Crippen LogP contribution in [0.4, 0.5) is 4.39 Å². The van der Waals surface area contributed by atoms with Gasteiger partial charge in [-0.15, -0.1) is 0 Å². The van der Waals surface area contributed by atoms with Crippen molar-refractivity contribution in [1.82, 2.24) is 4.90 Å². The minimum atomic E-state index is -0.735. The van der Waals surface area contributed by atoms with Gasteiger partial charge in [-0.3, -0.25) is 0 Å². The lowest BCUT2D eigenvalue weighted by molar-refractivity contribution is 0.0520. The lowest BCUT2D eigenvalue weighted by Crippen LogP contribution is -2.34. The molecule has 94 valence electrons. The predicted octanol–water partition coefficient (Wildman–Crippen LogP) is 2.59. The van der Waals surface area contributed by atoms with E-state index in [1.54, 1.807) is 0 Å². The molecule has 0 bridgehead atoms. The molecule has 2 unspecified atom stereocenters. The minimum Gasteiger partial charge on any atom is -0.388 e. The summed E-state index contributed by atoms with van der Waals surface area (Å²) in [6, 6.07) is 5.16. The van der Waals surface area contributed by atoms with Gasteiger partial charge in [-0.1, -0.05) is 15.9 Å². The Morgan fingerprint density at radius 2 is 2.24 bits per heavy atom. The molecule has 17 heavy (non-hydrogen) atoms. The number of halogens is 2. The molecule has 1 fully saturated rings. The normalized spacial score (nSPS) is 29.8. The zero-order chi connectivity index (χ0) is 12.6. The Morgan fingerprint density at radius 1 is 1.53 bits per heavy atom. The van der Waals surface area contributed by atoms with E-state index in [1.165, 1.54) is 12.1 Å². The number of nitrogens with zero attached hydrogens (tertiary/aromatic N) is 1. The molecule has 0 aromatic heterocycles. The molecule has 1 aromatic rings. The minimum absolute atomic E-state index is 0.266. The molecule has 0 spiro atoms. The van der Waals surface area contributed by atoms with Crippen LogP contribution in [0.3, 0.4) is 0 Å². The maximum absolute atomic E-state index is 13.3. The second-order valence-electron chi connectivity index (χ2n) is 5.15. The lowest BCUT2D eigenvalue weighted by atomic mass is 9.92. The molecule has 1 N–H and O–H groups in total. The van der Waals surface area contributed by atoms with E-state index in [9.17, 15) is 9.50 Å². The van der Waals surface area contributed by atoms with Crippen LogP contribution in [0.5, 0.6) is 0 Å². The van der Waals surface area contributed by atoms with E-state index < -0.39 is 5.60 Å². The Kier molecular flexibility index (Phi) is 3.57. The van der Waals surface area contributed by atoms with E-state index in [-0.39, 0.29) is 5.82 Å². The summed E-state index contributed by atoms with van der Waals surface area (Å²) in [5, 5.41) is 10.5. The van der Waals surface area contributed by atoms with Crippen LogP contribution >= 0.6 is 15.9 Å². The molecular formula is C13H17BrFNO. The predicted molar refractivity (Wildman–Crippen MR) is 69.5 cm³/mol. The monoisotopic (exact) mass is 301 g/mol. The number of aliphatic hydroxyl groups is 1. The van der Waals surface area contributed by atoms with E-state index in [2.05, 4.69) is 27.8 Å². The lowest BCUT2D eigenvalue weighted by Gasteiger charge is -2.22. The number of likely N-dealkylation sites (N-methyl/N-ethyl adjacent to an activating group) is 1. The number of hydrogen-bond acceptors (Lipinski definition) is 2. The van der Waals surface area contributed by atoms with Gasteiger partial charge in [-0.05, 0) is 44.2 Å². The molecule has 0 amide bonds. The van der Waals surface area contributed by atoms with Crippen LogP contribution in [0.15, 0.2) is 22.7 Å². The molecule has 1 aliphatic rings. The highest BCUT2D eigenvalue weighted by molar-refractivity contribution is 9.10. The first-order chi connectivity index (χ1) is 7.88. The largest absolute Gasteiger partial charge is 0.388 e. The first-order valence-electron chi connectivity index (χ1n) is 5.76. The van der Waals surface area contributed by atoms with Crippen LogP contribution in [0, 0.1) is 5.82 Å². The molecule has 4 heteroatoms. The van der Waals surface area contributed by atoms with Crippen LogP contribution in [-0.4, -0.2) is 35.2 Å². The Balaban J connectivity index is 2.15. The number of hydrogen-bond donors (Lipinski definition) is 1. The van der Waals surface area contributed by atoms with Gasteiger partial charge in [0.05, 0.1) is 5.60 Å². The quantitative estimate of drug-likeness (QED) is 0.907. The van der Waals surface area contributed by atoms with E-state index in [1.807, 2.05) is 13.1 Å². The van der Waals surface area contributed by atoms with Crippen molar-refractivity contribution in [3.8, 4) is 0 Å². The van der Waals surface area contributed by atoms with Crippen molar-refractivity contribution in [2.24, 2.45) is 0 Å². The number of likely N-dealkylation sites (tertiary alicyclic amines) is 1. The fraction of sp³-hybridized carbons (Fsp3) is 0.538. The van der Waals surface area contributed by atoms with Crippen molar-refractivity contribution in [3.05, 3.63) is 34.1 Å². The van der Waals surface area contributed by atoms with Gasteiger partial charge >= 0.3 is 0 Å². The van der Waals surface area contributed by atoms with E-state index >= 15 is 0 Å².